The van der Waals surface area contributed by atoms with E-state index in [-0.39, 0.29) is 24.2 Å². The number of nitrogens with one attached hydrogen (secondary N) is 1. The Labute approximate surface area is 221 Å². The van der Waals surface area contributed by atoms with E-state index in [9.17, 15) is 22.8 Å². The molecule has 2 aliphatic rings. The van der Waals surface area contributed by atoms with Crippen LogP contribution in [-0.4, -0.2) is 51.6 Å². The molecule has 38 heavy (non-hydrogen) atoms. The molecule has 0 spiro atoms. The number of aromatic nitrogens is 3. The summed E-state index contributed by atoms with van der Waals surface area (Å²) in [5.41, 5.74) is 0.473. The number of carbonyl (C=O) groups excluding carboxylic acids is 2. The summed E-state index contributed by atoms with van der Waals surface area (Å²) in [4.78, 5) is 26.7. The lowest BCUT2D eigenvalue weighted by atomic mass is 10.1. The van der Waals surface area contributed by atoms with Crippen LogP contribution in [0.5, 0.6) is 0 Å². The maximum absolute atomic E-state index is 13.4. The third-order valence-electron chi connectivity index (χ3n) is 6.45. The van der Waals surface area contributed by atoms with Gasteiger partial charge in [0.15, 0.2) is 11.0 Å². The van der Waals surface area contributed by atoms with E-state index in [1.807, 2.05) is 0 Å². The average molecular weight is 546 g/mol. The molecule has 3 aromatic rings. The van der Waals surface area contributed by atoms with Crippen molar-refractivity contribution in [2.24, 2.45) is 0 Å². The molecule has 2 amide bonds. The Hall–Kier alpha value is -3.38. The fraction of sp³-hybridized carbons (Fsp3) is 0.385. The van der Waals surface area contributed by atoms with Crippen LogP contribution >= 0.6 is 11.8 Å². The van der Waals surface area contributed by atoms with Gasteiger partial charge in [0.05, 0.1) is 23.9 Å². The van der Waals surface area contributed by atoms with Crippen molar-refractivity contribution >= 4 is 29.3 Å². The monoisotopic (exact) mass is 545 g/mol. The van der Waals surface area contributed by atoms with Gasteiger partial charge in [0.25, 0.3) is 5.91 Å². The Bertz CT molecular complexity index is 1320. The zero-order chi connectivity index (χ0) is 26.7. The lowest BCUT2D eigenvalue weighted by Crippen LogP contribution is -2.26. The lowest BCUT2D eigenvalue weighted by molar-refractivity contribution is -0.137. The van der Waals surface area contributed by atoms with Crippen molar-refractivity contribution in [3.8, 4) is 5.69 Å². The Balaban J connectivity index is 1.37. The number of hydrogen-bond acceptors (Lipinski definition) is 6. The number of carbonyl (C=O) groups is 2. The molecular formula is C26H26F3N5O3S. The number of benzene rings is 2. The second-order valence-corrected chi connectivity index (χ2v) is 10.1. The van der Waals surface area contributed by atoms with Crippen LogP contribution in [0.2, 0.25) is 0 Å². The number of anilines is 1. The molecule has 8 nitrogen and oxygen atoms in total. The summed E-state index contributed by atoms with van der Waals surface area (Å²) in [6.07, 6.45) is -1.33. The Morgan fingerprint density at radius 1 is 1.11 bits per heavy atom. The number of ether oxygens (including phenoxy) is 1. The summed E-state index contributed by atoms with van der Waals surface area (Å²) in [5.74, 6) is 0.500. The largest absolute Gasteiger partial charge is 0.416 e. The SMILES string of the molecule is O=C(NCc1nnc(SC[C@H]2CCCO2)n1-c1cccc(C(F)(F)F)c1)c1cccc(N2CCCC2=O)c1. The van der Waals surface area contributed by atoms with Crippen LogP contribution in [-0.2, 0) is 22.3 Å². The molecule has 1 N–H and O–H groups in total. The molecule has 2 saturated heterocycles. The molecule has 2 aliphatic heterocycles. The third-order valence-corrected chi connectivity index (χ3v) is 7.52. The summed E-state index contributed by atoms with van der Waals surface area (Å²) in [7, 11) is 0. The number of amides is 2. The topological polar surface area (TPSA) is 89.3 Å². The highest BCUT2D eigenvalue weighted by molar-refractivity contribution is 7.99. The molecule has 0 aliphatic carbocycles. The number of halogens is 3. The predicted octanol–water partition coefficient (Wildman–Crippen LogP) is 4.61. The molecule has 1 aromatic heterocycles. The van der Waals surface area contributed by atoms with Crippen LogP contribution in [0.1, 0.15) is 47.4 Å². The van der Waals surface area contributed by atoms with Crippen molar-refractivity contribution in [3.05, 3.63) is 65.5 Å². The second kappa shape index (κ2) is 11.2. The van der Waals surface area contributed by atoms with Crippen molar-refractivity contribution in [1.29, 1.82) is 0 Å². The van der Waals surface area contributed by atoms with Gasteiger partial charge in [0, 0.05) is 36.6 Å². The van der Waals surface area contributed by atoms with E-state index >= 15 is 0 Å². The highest BCUT2D eigenvalue weighted by atomic mass is 32.2. The predicted molar refractivity (Wildman–Crippen MR) is 135 cm³/mol. The smallest absolute Gasteiger partial charge is 0.377 e. The van der Waals surface area contributed by atoms with Gasteiger partial charge in [-0.05, 0) is 55.7 Å². The summed E-state index contributed by atoms with van der Waals surface area (Å²) in [6, 6.07) is 11.7. The highest BCUT2D eigenvalue weighted by Crippen LogP contribution is 2.32. The molecule has 0 radical (unpaired) electrons. The van der Waals surface area contributed by atoms with Crippen LogP contribution in [0.4, 0.5) is 18.9 Å². The van der Waals surface area contributed by atoms with Gasteiger partial charge in [-0.3, -0.25) is 14.2 Å². The van der Waals surface area contributed by atoms with Crippen LogP contribution in [0.3, 0.4) is 0 Å². The van der Waals surface area contributed by atoms with E-state index in [2.05, 4.69) is 15.5 Å². The molecule has 2 aromatic carbocycles. The molecule has 0 unspecified atom stereocenters. The molecular weight excluding hydrogens is 519 g/mol. The minimum atomic E-state index is -4.51. The summed E-state index contributed by atoms with van der Waals surface area (Å²) >= 11 is 1.35. The number of rotatable bonds is 8. The molecule has 12 heteroatoms. The van der Waals surface area contributed by atoms with Gasteiger partial charge in [-0.15, -0.1) is 10.2 Å². The van der Waals surface area contributed by atoms with E-state index < -0.39 is 17.6 Å². The summed E-state index contributed by atoms with van der Waals surface area (Å²) in [5, 5.41) is 11.6. The first-order chi connectivity index (χ1) is 18.3. The Morgan fingerprint density at radius 3 is 2.66 bits per heavy atom. The highest BCUT2D eigenvalue weighted by Gasteiger charge is 2.31. The molecule has 5 rings (SSSR count). The van der Waals surface area contributed by atoms with Crippen molar-refractivity contribution in [2.75, 3.05) is 23.8 Å². The first-order valence-electron chi connectivity index (χ1n) is 12.3. The van der Waals surface area contributed by atoms with E-state index in [4.69, 9.17) is 4.74 Å². The quantitative estimate of drug-likeness (QED) is 0.416. The van der Waals surface area contributed by atoms with E-state index in [1.165, 1.54) is 22.4 Å². The fourth-order valence-corrected chi connectivity index (χ4v) is 5.57. The molecule has 3 heterocycles. The fourth-order valence-electron chi connectivity index (χ4n) is 4.53. The normalized spacial score (nSPS) is 17.8. The van der Waals surface area contributed by atoms with Crippen molar-refractivity contribution < 1.29 is 27.5 Å². The number of hydrogen-bond donors (Lipinski definition) is 1. The van der Waals surface area contributed by atoms with Crippen molar-refractivity contribution in [2.45, 2.75) is 49.7 Å². The van der Waals surface area contributed by atoms with Crippen LogP contribution in [0, 0.1) is 0 Å². The third kappa shape index (κ3) is 5.86. The zero-order valence-corrected chi connectivity index (χ0v) is 21.2. The van der Waals surface area contributed by atoms with Crippen LogP contribution in [0.25, 0.3) is 5.69 Å². The van der Waals surface area contributed by atoms with Gasteiger partial charge >= 0.3 is 6.18 Å². The maximum Gasteiger partial charge on any atom is 0.416 e. The first kappa shape index (κ1) is 26.2. The van der Waals surface area contributed by atoms with Gasteiger partial charge in [0.1, 0.15) is 0 Å². The number of thioether (sulfide) groups is 1. The van der Waals surface area contributed by atoms with Gasteiger partial charge in [0.2, 0.25) is 5.91 Å². The van der Waals surface area contributed by atoms with Crippen molar-refractivity contribution in [1.82, 2.24) is 20.1 Å². The maximum atomic E-state index is 13.4. The van der Waals surface area contributed by atoms with E-state index in [1.54, 1.807) is 35.2 Å². The van der Waals surface area contributed by atoms with Crippen LogP contribution in [0.15, 0.2) is 53.7 Å². The first-order valence-corrected chi connectivity index (χ1v) is 13.3. The molecule has 0 bridgehead atoms. The average Bonchev–Trinajstić information content (AvgIpc) is 3.67. The Kier molecular flexibility index (Phi) is 7.70. The minimum absolute atomic E-state index is 0.0183. The van der Waals surface area contributed by atoms with Gasteiger partial charge in [-0.2, -0.15) is 13.2 Å². The van der Waals surface area contributed by atoms with Crippen molar-refractivity contribution in [3.63, 3.8) is 0 Å². The molecule has 0 saturated carbocycles. The number of alkyl halides is 3. The van der Waals surface area contributed by atoms with Gasteiger partial charge in [-0.25, -0.2) is 0 Å². The zero-order valence-electron chi connectivity index (χ0n) is 20.4. The molecule has 200 valence electrons. The second-order valence-electron chi connectivity index (χ2n) is 9.11. The number of nitrogens with zero attached hydrogens (tertiary/aromatic N) is 4. The standard InChI is InChI=1S/C26H26F3N5O3S/c27-26(28,29)18-6-2-8-20(14-18)34-22(31-32-25(34)38-16-21-9-4-12-37-21)15-30-24(36)17-5-1-7-19(13-17)33-11-3-10-23(33)35/h1-2,5-8,13-14,21H,3-4,9-12,15-16H2,(H,30,36)/t21-/m1/s1. The molecule has 2 fully saturated rings. The summed E-state index contributed by atoms with van der Waals surface area (Å²) in [6.45, 7) is 1.24. The van der Waals surface area contributed by atoms with Crippen LogP contribution < -0.4 is 10.2 Å². The summed E-state index contributed by atoms with van der Waals surface area (Å²) < 4.78 is 47.5. The molecule has 1 atom stereocenters. The van der Waals surface area contributed by atoms with Gasteiger partial charge < -0.3 is 15.0 Å². The lowest BCUT2D eigenvalue weighted by Gasteiger charge is -2.16. The van der Waals surface area contributed by atoms with Gasteiger partial charge in [-0.1, -0.05) is 23.9 Å². The van der Waals surface area contributed by atoms with E-state index in [0.717, 1.165) is 31.4 Å². The Morgan fingerprint density at radius 2 is 1.92 bits per heavy atom. The van der Waals surface area contributed by atoms with E-state index in [0.29, 0.717) is 47.6 Å². The minimum Gasteiger partial charge on any atom is -0.377 e.